The SMILES string of the molecule is COC(CNC(=O)/C=C/c1cc(Cl)cc(Cl)c1)CC(=O)O. The van der Waals surface area contributed by atoms with Crippen LogP contribution in [0.2, 0.25) is 10.0 Å². The zero-order valence-corrected chi connectivity index (χ0v) is 12.8. The van der Waals surface area contributed by atoms with E-state index in [1.807, 2.05) is 0 Å². The van der Waals surface area contributed by atoms with Crippen LogP contribution in [0.5, 0.6) is 0 Å². The number of carbonyl (C=O) groups excluding carboxylic acids is 1. The molecule has 1 amide bonds. The maximum atomic E-state index is 11.6. The van der Waals surface area contributed by atoms with Crippen molar-refractivity contribution in [2.75, 3.05) is 13.7 Å². The fraction of sp³-hybridized carbons (Fsp3) is 0.286. The highest BCUT2D eigenvalue weighted by Crippen LogP contribution is 2.19. The van der Waals surface area contributed by atoms with Crippen LogP contribution in [0.3, 0.4) is 0 Å². The van der Waals surface area contributed by atoms with E-state index in [0.29, 0.717) is 15.6 Å². The molecule has 0 spiro atoms. The van der Waals surface area contributed by atoms with Gasteiger partial charge in [0.05, 0.1) is 12.5 Å². The van der Waals surface area contributed by atoms with Gasteiger partial charge < -0.3 is 15.2 Å². The van der Waals surface area contributed by atoms with Gasteiger partial charge >= 0.3 is 5.97 Å². The molecule has 2 N–H and O–H groups in total. The van der Waals surface area contributed by atoms with Crippen molar-refractivity contribution in [2.24, 2.45) is 0 Å². The summed E-state index contributed by atoms with van der Waals surface area (Å²) in [6.07, 6.45) is 2.13. The van der Waals surface area contributed by atoms with Crippen LogP contribution in [0.25, 0.3) is 6.08 Å². The minimum Gasteiger partial charge on any atom is -0.481 e. The molecule has 114 valence electrons. The van der Waals surface area contributed by atoms with Gasteiger partial charge in [-0.3, -0.25) is 9.59 Å². The van der Waals surface area contributed by atoms with E-state index in [0.717, 1.165) is 0 Å². The first-order valence-electron chi connectivity index (χ1n) is 6.07. The molecule has 0 bridgehead atoms. The lowest BCUT2D eigenvalue weighted by molar-refractivity contribution is -0.140. The number of ether oxygens (including phenoxy) is 1. The molecule has 1 aromatic carbocycles. The first-order valence-corrected chi connectivity index (χ1v) is 6.83. The molecule has 0 radical (unpaired) electrons. The molecule has 1 atom stereocenters. The van der Waals surface area contributed by atoms with Crippen molar-refractivity contribution >= 4 is 41.2 Å². The van der Waals surface area contributed by atoms with Crippen LogP contribution in [0.4, 0.5) is 0 Å². The maximum absolute atomic E-state index is 11.6. The average Bonchev–Trinajstić information content (AvgIpc) is 2.39. The monoisotopic (exact) mass is 331 g/mol. The number of rotatable bonds is 7. The first kappa shape index (κ1) is 17.5. The third-order valence-corrected chi connectivity index (χ3v) is 2.99. The number of methoxy groups -OCH3 is 1. The number of aliphatic carboxylic acids is 1. The lowest BCUT2D eigenvalue weighted by Gasteiger charge is -2.12. The molecule has 1 unspecified atom stereocenters. The third-order valence-electron chi connectivity index (χ3n) is 2.55. The molecule has 0 aliphatic heterocycles. The summed E-state index contributed by atoms with van der Waals surface area (Å²) < 4.78 is 4.95. The fourth-order valence-electron chi connectivity index (χ4n) is 1.55. The van der Waals surface area contributed by atoms with E-state index in [4.69, 9.17) is 33.0 Å². The van der Waals surface area contributed by atoms with Crippen molar-refractivity contribution in [3.63, 3.8) is 0 Å². The normalized spacial score (nSPS) is 12.3. The molecule has 0 aromatic heterocycles. The van der Waals surface area contributed by atoms with Crippen molar-refractivity contribution in [3.05, 3.63) is 39.9 Å². The summed E-state index contributed by atoms with van der Waals surface area (Å²) in [5, 5.41) is 12.2. The zero-order valence-electron chi connectivity index (χ0n) is 11.3. The van der Waals surface area contributed by atoms with Crippen LogP contribution in [0, 0.1) is 0 Å². The van der Waals surface area contributed by atoms with Crippen molar-refractivity contribution in [1.82, 2.24) is 5.32 Å². The molecule has 7 heteroatoms. The van der Waals surface area contributed by atoms with Crippen LogP contribution in [-0.2, 0) is 14.3 Å². The number of carboxylic acid groups (broad SMARTS) is 1. The zero-order chi connectivity index (χ0) is 15.8. The van der Waals surface area contributed by atoms with Crippen LogP contribution >= 0.6 is 23.2 Å². The highest BCUT2D eigenvalue weighted by atomic mass is 35.5. The van der Waals surface area contributed by atoms with Crippen LogP contribution < -0.4 is 5.32 Å². The summed E-state index contributed by atoms with van der Waals surface area (Å²) in [5.41, 5.74) is 0.691. The Bertz CT molecular complexity index is 526. The summed E-state index contributed by atoms with van der Waals surface area (Å²) in [7, 11) is 1.39. The number of halogens is 2. The van der Waals surface area contributed by atoms with Crippen LogP contribution in [-0.4, -0.2) is 36.7 Å². The molecular weight excluding hydrogens is 317 g/mol. The topological polar surface area (TPSA) is 75.6 Å². The fourth-order valence-corrected chi connectivity index (χ4v) is 2.09. The van der Waals surface area contributed by atoms with Gasteiger partial charge in [-0.1, -0.05) is 23.2 Å². The van der Waals surface area contributed by atoms with Gasteiger partial charge in [-0.2, -0.15) is 0 Å². The lowest BCUT2D eigenvalue weighted by atomic mass is 10.2. The predicted molar refractivity (Wildman–Crippen MR) is 81.6 cm³/mol. The van der Waals surface area contributed by atoms with E-state index < -0.39 is 12.1 Å². The van der Waals surface area contributed by atoms with E-state index >= 15 is 0 Å². The molecule has 21 heavy (non-hydrogen) atoms. The second kappa shape index (κ2) is 8.67. The first-order chi connectivity index (χ1) is 9.90. The predicted octanol–water partition coefficient (Wildman–Crippen LogP) is 2.61. The second-order valence-corrected chi connectivity index (χ2v) is 5.11. The van der Waals surface area contributed by atoms with Gasteiger partial charge in [0, 0.05) is 29.8 Å². The van der Waals surface area contributed by atoms with Crippen molar-refractivity contribution in [2.45, 2.75) is 12.5 Å². The van der Waals surface area contributed by atoms with E-state index in [9.17, 15) is 9.59 Å². The Kier molecular flexibility index (Phi) is 7.22. The maximum Gasteiger partial charge on any atom is 0.306 e. The van der Waals surface area contributed by atoms with Gasteiger partial charge in [0.1, 0.15) is 0 Å². The summed E-state index contributed by atoms with van der Waals surface area (Å²) in [6, 6.07) is 4.93. The number of nitrogens with one attached hydrogen (secondary N) is 1. The number of carbonyl (C=O) groups is 2. The van der Waals surface area contributed by atoms with Crippen molar-refractivity contribution in [1.29, 1.82) is 0 Å². The molecule has 0 saturated carbocycles. The quantitative estimate of drug-likeness (QED) is 0.753. The van der Waals surface area contributed by atoms with E-state index in [1.165, 1.54) is 13.2 Å². The van der Waals surface area contributed by atoms with Gasteiger partial charge in [0.25, 0.3) is 0 Å². The molecule has 1 aromatic rings. The van der Waals surface area contributed by atoms with Gasteiger partial charge in [-0.15, -0.1) is 0 Å². The average molecular weight is 332 g/mol. The number of carboxylic acids is 1. The van der Waals surface area contributed by atoms with Crippen molar-refractivity contribution in [3.8, 4) is 0 Å². The van der Waals surface area contributed by atoms with Gasteiger partial charge in [-0.05, 0) is 29.8 Å². The molecule has 5 nitrogen and oxygen atoms in total. The standard InChI is InChI=1S/C14H15Cl2NO4/c1-21-12(7-14(19)20)8-17-13(18)3-2-9-4-10(15)6-11(16)5-9/h2-6,12H,7-8H2,1H3,(H,17,18)(H,19,20)/b3-2+. The molecule has 0 aliphatic rings. The third kappa shape index (κ3) is 7.13. The molecule has 1 rings (SSSR count). The number of amides is 1. The number of hydrogen-bond donors (Lipinski definition) is 2. The molecule has 0 heterocycles. The molecule has 0 saturated heterocycles. The molecule has 0 fully saturated rings. The van der Waals surface area contributed by atoms with Gasteiger partial charge in [-0.25, -0.2) is 0 Å². The number of benzene rings is 1. The van der Waals surface area contributed by atoms with Crippen LogP contribution in [0.1, 0.15) is 12.0 Å². The van der Waals surface area contributed by atoms with Gasteiger partial charge in [0.15, 0.2) is 0 Å². The Balaban J connectivity index is 2.52. The van der Waals surface area contributed by atoms with Gasteiger partial charge in [0.2, 0.25) is 5.91 Å². The highest BCUT2D eigenvalue weighted by Gasteiger charge is 2.12. The second-order valence-electron chi connectivity index (χ2n) is 4.24. The summed E-state index contributed by atoms with van der Waals surface area (Å²) >= 11 is 11.7. The Morgan fingerprint density at radius 2 is 1.95 bits per heavy atom. The number of hydrogen-bond acceptors (Lipinski definition) is 3. The van der Waals surface area contributed by atoms with E-state index in [1.54, 1.807) is 24.3 Å². The lowest BCUT2D eigenvalue weighted by Crippen LogP contribution is -2.33. The van der Waals surface area contributed by atoms with E-state index in [2.05, 4.69) is 5.32 Å². The Labute approximate surface area is 132 Å². The minimum atomic E-state index is -0.986. The van der Waals surface area contributed by atoms with Crippen molar-refractivity contribution < 1.29 is 19.4 Å². The van der Waals surface area contributed by atoms with Crippen LogP contribution in [0.15, 0.2) is 24.3 Å². The smallest absolute Gasteiger partial charge is 0.306 e. The summed E-state index contributed by atoms with van der Waals surface area (Å²) in [6.45, 7) is 0.113. The summed E-state index contributed by atoms with van der Waals surface area (Å²) in [5.74, 6) is -1.35. The highest BCUT2D eigenvalue weighted by molar-refractivity contribution is 6.34. The molecular formula is C14H15Cl2NO4. The summed E-state index contributed by atoms with van der Waals surface area (Å²) in [4.78, 5) is 22.2. The largest absolute Gasteiger partial charge is 0.481 e. The minimum absolute atomic E-state index is 0.113. The Morgan fingerprint density at radius 1 is 1.33 bits per heavy atom. The Hall–Kier alpha value is -1.56. The molecule has 0 aliphatic carbocycles. The Morgan fingerprint density at radius 3 is 2.48 bits per heavy atom. The van der Waals surface area contributed by atoms with E-state index in [-0.39, 0.29) is 18.9 Å².